The van der Waals surface area contributed by atoms with E-state index in [1.165, 1.54) is 31.4 Å². The van der Waals surface area contributed by atoms with Crippen molar-refractivity contribution in [3.63, 3.8) is 0 Å². The van der Waals surface area contributed by atoms with Crippen LogP contribution < -0.4 is 5.32 Å². The van der Waals surface area contributed by atoms with Crippen LogP contribution in [-0.2, 0) is 4.84 Å². The summed E-state index contributed by atoms with van der Waals surface area (Å²) in [5.74, 6) is 0. The lowest BCUT2D eigenvalue weighted by molar-refractivity contribution is 0.202. The fourth-order valence-corrected chi connectivity index (χ4v) is 2.70. The number of rotatable bonds is 1. The van der Waals surface area contributed by atoms with Crippen LogP contribution in [-0.4, -0.2) is 25.9 Å². The molecule has 1 N–H and O–H groups in total. The van der Waals surface area contributed by atoms with Gasteiger partial charge >= 0.3 is 0 Å². The maximum Gasteiger partial charge on any atom is 0.106 e. The zero-order valence-electron chi connectivity index (χ0n) is 8.31. The molecule has 2 rings (SSSR count). The minimum atomic E-state index is 0.404. The van der Waals surface area contributed by atoms with Crippen molar-refractivity contribution in [2.24, 2.45) is 10.6 Å². The van der Waals surface area contributed by atoms with Gasteiger partial charge in [0.05, 0.1) is 5.71 Å². The second-order valence-electron chi connectivity index (χ2n) is 4.10. The van der Waals surface area contributed by atoms with E-state index in [9.17, 15) is 0 Å². The monoisotopic (exact) mass is 182 g/mol. The van der Waals surface area contributed by atoms with E-state index in [1.54, 1.807) is 7.11 Å². The summed E-state index contributed by atoms with van der Waals surface area (Å²) in [4.78, 5) is 4.92. The SMILES string of the molecule is CO/N=C1\CCCC12CCNCC2. The largest absolute Gasteiger partial charge is 0.399 e. The minimum Gasteiger partial charge on any atom is -0.399 e. The molecule has 0 radical (unpaired) electrons. The molecule has 0 amide bonds. The van der Waals surface area contributed by atoms with Crippen LogP contribution in [0.2, 0.25) is 0 Å². The zero-order valence-corrected chi connectivity index (χ0v) is 8.31. The van der Waals surface area contributed by atoms with E-state index in [1.807, 2.05) is 0 Å². The van der Waals surface area contributed by atoms with Gasteiger partial charge < -0.3 is 10.2 Å². The van der Waals surface area contributed by atoms with Gasteiger partial charge in [-0.2, -0.15) is 0 Å². The van der Waals surface area contributed by atoms with Crippen LogP contribution in [0.1, 0.15) is 32.1 Å². The molecule has 1 heterocycles. The number of hydrogen-bond acceptors (Lipinski definition) is 3. The van der Waals surface area contributed by atoms with Gasteiger partial charge in [-0.3, -0.25) is 0 Å². The first kappa shape index (κ1) is 9.00. The second-order valence-corrected chi connectivity index (χ2v) is 4.10. The van der Waals surface area contributed by atoms with Crippen LogP contribution in [0.4, 0.5) is 0 Å². The van der Waals surface area contributed by atoms with Gasteiger partial charge in [0.1, 0.15) is 7.11 Å². The topological polar surface area (TPSA) is 33.6 Å². The van der Waals surface area contributed by atoms with Crippen LogP contribution in [0.5, 0.6) is 0 Å². The Morgan fingerprint density at radius 2 is 2.08 bits per heavy atom. The first-order valence-electron chi connectivity index (χ1n) is 5.19. The highest BCUT2D eigenvalue weighted by Crippen LogP contribution is 2.42. The molecule has 0 aromatic rings. The molecule has 1 aliphatic heterocycles. The Morgan fingerprint density at radius 3 is 2.77 bits per heavy atom. The minimum absolute atomic E-state index is 0.404. The van der Waals surface area contributed by atoms with Crippen molar-refractivity contribution in [2.75, 3.05) is 20.2 Å². The van der Waals surface area contributed by atoms with Gasteiger partial charge in [0.15, 0.2) is 0 Å². The maximum absolute atomic E-state index is 4.92. The highest BCUT2D eigenvalue weighted by Gasteiger charge is 2.40. The molecule has 1 spiro atoms. The number of oxime groups is 1. The molecule has 0 aromatic carbocycles. The Kier molecular flexibility index (Phi) is 2.54. The Labute approximate surface area is 79.5 Å². The molecule has 3 nitrogen and oxygen atoms in total. The lowest BCUT2D eigenvalue weighted by Crippen LogP contribution is -2.39. The van der Waals surface area contributed by atoms with Gasteiger partial charge in [-0.05, 0) is 45.2 Å². The van der Waals surface area contributed by atoms with Gasteiger partial charge in [0, 0.05) is 5.41 Å². The van der Waals surface area contributed by atoms with Gasteiger partial charge in [-0.15, -0.1) is 0 Å². The van der Waals surface area contributed by atoms with Crippen molar-refractivity contribution < 1.29 is 4.84 Å². The van der Waals surface area contributed by atoms with Crippen LogP contribution in [0.3, 0.4) is 0 Å². The highest BCUT2D eigenvalue weighted by atomic mass is 16.6. The second kappa shape index (κ2) is 3.66. The molecule has 1 aliphatic carbocycles. The molecule has 2 fully saturated rings. The summed E-state index contributed by atoms with van der Waals surface area (Å²) in [6.45, 7) is 2.28. The molecular formula is C10H18N2O. The third-order valence-electron chi connectivity index (χ3n) is 3.44. The Hall–Kier alpha value is -0.570. The first-order valence-corrected chi connectivity index (χ1v) is 5.19. The van der Waals surface area contributed by atoms with Crippen molar-refractivity contribution in [1.29, 1.82) is 0 Å². The molecular weight excluding hydrogens is 164 g/mol. The normalized spacial score (nSPS) is 29.8. The van der Waals surface area contributed by atoms with E-state index in [-0.39, 0.29) is 0 Å². The lowest BCUT2D eigenvalue weighted by atomic mass is 9.76. The Bertz CT molecular complexity index is 207. The molecule has 3 heteroatoms. The Balaban J connectivity index is 2.14. The highest BCUT2D eigenvalue weighted by molar-refractivity contribution is 5.91. The molecule has 2 aliphatic rings. The summed E-state index contributed by atoms with van der Waals surface area (Å²) in [5.41, 5.74) is 1.72. The molecule has 0 bridgehead atoms. The quantitative estimate of drug-likeness (QED) is 0.624. The van der Waals surface area contributed by atoms with E-state index in [2.05, 4.69) is 10.5 Å². The van der Waals surface area contributed by atoms with Gasteiger partial charge in [0.2, 0.25) is 0 Å². The molecule has 1 saturated carbocycles. The van der Waals surface area contributed by atoms with Crippen molar-refractivity contribution in [2.45, 2.75) is 32.1 Å². The fraction of sp³-hybridized carbons (Fsp3) is 0.900. The first-order chi connectivity index (χ1) is 6.37. The molecule has 1 saturated heterocycles. The van der Waals surface area contributed by atoms with Crippen molar-refractivity contribution in [1.82, 2.24) is 5.32 Å². The van der Waals surface area contributed by atoms with Crippen LogP contribution in [0, 0.1) is 5.41 Å². The van der Waals surface area contributed by atoms with Crippen molar-refractivity contribution in [3.8, 4) is 0 Å². The van der Waals surface area contributed by atoms with Gasteiger partial charge in [0.25, 0.3) is 0 Å². The van der Waals surface area contributed by atoms with Crippen LogP contribution in [0.15, 0.2) is 5.16 Å². The van der Waals surface area contributed by atoms with E-state index < -0.39 is 0 Å². The van der Waals surface area contributed by atoms with Crippen LogP contribution in [0.25, 0.3) is 0 Å². The summed E-state index contributed by atoms with van der Waals surface area (Å²) in [6, 6.07) is 0. The van der Waals surface area contributed by atoms with Gasteiger partial charge in [-0.25, -0.2) is 0 Å². The summed E-state index contributed by atoms with van der Waals surface area (Å²) in [6.07, 6.45) is 6.25. The number of nitrogens with zero attached hydrogens (tertiary/aromatic N) is 1. The van der Waals surface area contributed by atoms with E-state index in [4.69, 9.17) is 4.84 Å². The molecule has 0 unspecified atom stereocenters. The molecule has 0 atom stereocenters. The van der Waals surface area contributed by atoms with Crippen molar-refractivity contribution >= 4 is 5.71 Å². The molecule has 13 heavy (non-hydrogen) atoms. The predicted octanol–water partition coefficient (Wildman–Crippen LogP) is 1.54. The standard InChI is InChI=1S/C10H18N2O/c1-13-12-9-3-2-4-10(9)5-7-11-8-6-10/h11H,2-8H2,1H3/b12-9+. The summed E-state index contributed by atoms with van der Waals surface area (Å²) in [7, 11) is 1.65. The number of hydrogen-bond donors (Lipinski definition) is 1. The van der Waals surface area contributed by atoms with E-state index in [0.29, 0.717) is 5.41 Å². The zero-order chi connectivity index (χ0) is 9.15. The van der Waals surface area contributed by atoms with E-state index >= 15 is 0 Å². The third kappa shape index (κ3) is 1.57. The maximum atomic E-state index is 4.92. The fourth-order valence-electron chi connectivity index (χ4n) is 2.70. The molecule has 74 valence electrons. The average molecular weight is 182 g/mol. The molecule has 0 aromatic heterocycles. The third-order valence-corrected chi connectivity index (χ3v) is 3.44. The Morgan fingerprint density at radius 1 is 1.31 bits per heavy atom. The number of nitrogens with one attached hydrogen (secondary N) is 1. The summed E-state index contributed by atoms with van der Waals surface area (Å²) >= 11 is 0. The number of piperidine rings is 1. The summed E-state index contributed by atoms with van der Waals surface area (Å²) < 4.78 is 0. The van der Waals surface area contributed by atoms with E-state index in [0.717, 1.165) is 19.5 Å². The lowest BCUT2D eigenvalue weighted by Gasteiger charge is -2.33. The smallest absolute Gasteiger partial charge is 0.106 e. The van der Waals surface area contributed by atoms with Crippen LogP contribution >= 0.6 is 0 Å². The predicted molar refractivity (Wildman–Crippen MR) is 52.8 cm³/mol. The van der Waals surface area contributed by atoms with Crippen molar-refractivity contribution in [3.05, 3.63) is 0 Å². The summed E-state index contributed by atoms with van der Waals surface area (Å²) in [5, 5.41) is 7.59. The van der Waals surface area contributed by atoms with Gasteiger partial charge in [-0.1, -0.05) is 5.16 Å². The average Bonchev–Trinajstić information content (AvgIpc) is 2.52.